The molecule has 0 atom stereocenters. The number of anilines is 1. The first-order valence-electron chi connectivity index (χ1n) is 12.7. The van der Waals surface area contributed by atoms with Crippen molar-refractivity contribution in [3.63, 3.8) is 0 Å². The number of benzene rings is 3. The molecule has 3 aromatic carbocycles. The number of amides is 2. The summed E-state index contributed by atoms with van der Waals surface area (Å²) in [6, 6.07) is 23.4. The van der Waals surface area contributed by atoms with E-state index in [4.69, 9.17) is 4.74 Å². The van der Waals surface area contributed by atoms with Crippen LogP contribution in [0, 0.1) is 10.1 Å². The molecule has 0 unspecified atom stereocenters. The number of ether oxygens (including phenoxy) is 1. The predicted octanol–water partition coefficient (Wildman–Crippen LogP) is 4.45. The van der Waals surface area contributed by atoms with Gasteiger partial charge in [-0.05, 0) is 30.5 Å². The van der Waals surface area contributed by atoms with Crippen molar-refractivity contribution in [2.45, 2.75) is 18.9 Å². The van der Waals surface area contributed by atoms with Gasteiger partial charge in [-0.1, -0.05) is 54.6 Å². The Hall–Kier alpha value is -4.08. The Morgan fingerprint density at radius 3 is 2.47 bits per heavy atom. The quantitative estimate of drug-likeness (QED) is 0.315. The summed E-state index contributed by atoms with van der Waals surface area (Å²) in [5.41, 5.74) is 2.96. The number of likely N-dealkylation sites (N-methyl/N-ethyl adjacent to an activating group) is 1. The van der Waals surface area contributed by atoms with Crippen LogP contribution in [0.5, 0.6) is 0 Å². The Labute approximate surface area is 222 Å². The van der Waals surface area contributed by atoms with Crippen molar-refractivity contribution in [1.82, 2.24) is 9.80 Å². The number of para-hydroxylation sites is 1. The molecule has 1 aliphatic heterocycles. The first-order valence-corrected chi connectivity index (χ1v) is 12.7. The van der Waals surface area contributed by atoms with E-state index in [1.165, 1.54) is 18.2 Å². The molecule has 4 rings (SSSR count). The van der Waals surface area contributed by atoms with E-state index in [1.54, 1.807) is 18.0 Å². The smallest absolute Gasteiger partial charge is 0.270 e. The van der Waals surface area contributed by atoms with Crippen LogP contribution < -0.4 is 5.32 Å². The van der Waals surface area contributed by atoms with E-state index in [9.17, 15) is 19.7 Å². The molecule has 3 aromatic rings. The molecule has 1 saturated heterocycles. The fourth-order valence-electron chi connectivity index (χ4n) is 4.51. The topological polar surface area (TPSA) is 105 Å². The minimum atomic E-state index is -0.504. The fraction of sp³-hybridized carbons (Fsp3) is 0.310. The van der Waals surface area contributed by atoms with E-state index in [-0.39, 0.29) is 30.2 Å². The number of carbonyl (C=O) groups excluding carboxylic acids is 2. The van der Waals surface area contributed by atoms with Gasteiger partial charge >= 0.3 is 0 Å². The number of nitro benzene ring substituents is 1. The normalized spacial score (nSPS) is 14.1. The zero-order valence-electron chi connectivity index (χ0n) is 21.4. The highest BCUT2D eigenvalue weighted by atomic mass is 16.6. The molecule has 0 radical (unpaired) electrons. The maximum absolute atomic E-state index is 12.7. The van der Waals surface area contributed by atoms with Gasteiger partial charge in [-0.25, -0.2) is 0 Å². The zero-order valence-corrected chi connectivity index (χ0v) is 21.4. The highest BCUT2D eigenvalue weighted by Crippen LogP contribution is 2.27. The lowest BCUT2D eigenvalue weighted by molar-refractivity contribution is -0.384. The predicted molar refractivity (Wildman–Crippen MR) is 146 cm³/mol. The Bertz CT molecular complexity index is 1260. The molecule has 198 valence electrons. The van der Waals surface area contributed by atoms with Crippen molar-refractivity contribution < 1.29 is 19.2 Å². The van der Waals surface area contributed by atoms with E-state index in [1.807, 2.05) is 54.6 Å². The fourth-order valence-corrected chi connectivity index (χ4v) is 4.51. The van der Waals surface area contributed by atoms with E-state index < -0.39 is 4.92 Å². The molecule has 0 saturated carbocycles. The number of rotatable bonds is 10. The Kier molecular flexibility index (Phi) is 9.18. The summed E-state index contributed by atoms with van der Waals surface area (Å²) in [5.74, 6) is -0.427. The second-order valence-corrected chi connectivity index (χ2v) is 9.35. The molecule has 1 heterocycles. The van der Waals surface area contributed by atoms with Gasteiger partial charge in [-0.2, -0.15) is 0 Å². The van der Waals surface area contributed by atoms with Crippen LogP contribution in [0.2, 0.25) is 0 Å². The van der Waals surface area contributed by atoms with Crippen molar-refractivity contribution in [2.75, 3.05) is 45.2 Å². The summed E-state index contributed by atoms with van der Waals surface area (Å²) in [7, 11) is 1.70. The van der Waals surface area contributed by atoms with E-state index in [0.717, 1.165) is 42.7 Å². The Morgan fingerprint density at radius 1 is 1.03 bits per heavy atom. The maximum atomic E-state index is 12.7. The summed E-state index contributed by atoms with van der Waals surface area (Å²) in [6.45, 7) is 2.81. The average molecular weight is 517 g/mol. The van der Waals surface area contributed by atoms with Crippen LogP contribution >= 0.6 is 0 Å². The highest BCUT2D eigenvalue weighted by molar-refractivity contribution is 5.96. The largest absolute Gasteiger partial charge is 0.368 e. The highest BCUT2D eigenvalue weighted by Gasteiger charge is 2.22. The lowest BCUT2D eigenvalue weighted by Crippen LogP contribution is -2.42. The number of non-ortho nitro benzene ring substituents is 1. The van der Waals surface area contributed by atoms with Crippen molar-refractivity contribution in [1.29, 1.82) is 0 Å². The van der Waals surface area contributed by atoms with Gasteiger partial charge in [-0.15, -0.1) is 0 Å². The summed E-state index contributed by atoms with van der Waals surface area (Å²) in [5, 5.41) is 14.0. The van der Waals surface area contributed by atoms with Crippen LogP contribution in [-0.2, 0) is 9.53 Å². The lowest BCUT2D eigenvalue weighted by atomic mass is 10.0. The number of nitrogens with zero attached hydrogens (tertiary/aromatic N) is 3. The first kappa shape index (κ1) is 27.0. The van der Waals surface area contributed by atoms with Gasteiger partial charge < -0.3 is 19.9 Å². The van der Waals surface area contributed by atoms with E-state index >= 15 is 0 Å². The molecular weight excluding hydrogens is 484 g/mol. The standard InChI is InChI=1S/C29H32N4O5/c1-31(29(35)23-10-7-11-24(20-23)33(36)37)18-19-32-16-14-25(15-17-32)38-21-28(34)30-27-13-6-5-12-26(27)22-8-3-2-4-9-22/h2-13,20,25H,14-19,21H2,1H3,(H,30,34). The van der Waals surface area contributed by atoms with Gasteiger partial charge in [0.2, 0.25) is 5.91 Å². The molecule has 1 aliphatic rings. The van der Waals surface area contributed by atoms with Crippen molar-refractivity contribution in [3.05, 3.63) is 94.5 Å². The maximum Gasteiger partial charge on any atom is 0.270 e. The van der Waals surface area contributed by atoms with Crippen LogP contribution in [-0.4, -0.2) is 72.5 Å². The third-order valence-electron chi connectivity index (χ3n) is 6.67. The number of carbonyl (C=O) groups is 2. The molecule has 38 heavy (non-hydrogen) atoms. The first-order chi connectivity index (χ1) is 18.4. The van der Waals surface area contributed by atoms with Crippen molar-refractivity contribution in [3.8, 4) is 11.1 Å². The van der Waals surface area contributed by atoms with Crippen LogP contribution in [0.3, 0.4) is 0 Å². The molecule has 1 fully saturated rings. The molecule has 0 aromatic heterocycles. The summed E-state index contributed by atoms with van der Waals surface area (Å²) in [6.07, 6.45) is 1.61. The number of hydrogen-bond donors (Lipinski definition) is 1. The third kappa shape index (κ3) is 7.24. The number of piperidine rings is 1. The van der Waals surface area contributed by atoms with Gasteiger partial charge in [0.25, 0.3) is 11.6 Å². The monoisotopic (exact) mass is 516 g/mol. The van der Waals surface area contributed by atoms with E-state index in [0.29, 0.717) is 18.7 Å². The number of likely N-dealkylation sites (tertiary alicyclic amines) is 1. The molecule has 9 heteroatoms. The molecule has 9 nitrogen and oxygen atoms in total. The Balaban J connectivity index is 1.18. The van der Waals surface area contributed by atoms with Crippen LogP contribution in [0.25, 0.3) is 11.1 Å². The van der Waals surface area contributed by atoms with E-state index in [2.05, 4.69) is 10.2 Å². The summed E-state index contributed by atoms with van der Waals surface area (Å²) in [4.78, 5) is 39.6. The Morgan fingerprint density at radius 2 is 1.74 bits per heavy atom. The molecule has 0 aliphatic carbocycles. The molecular formula is C29H32N4O5. The molecule has 0 spiro atoms. The van der Waals surface area contributed by atoms with Gasteiger partial charge in [0, 0.05) is 62.2 Å². The van der Waals surface area contributed by atoms with Crippen LogP contribution in [0.4, 0.5) is 11.4 Å². The average Bonchev–Trinajstić information content (AvgIpc) is 2.95. The second-order valence-electron chi connectivity index (χ2n) is 9.35. The number of nitro groups is 1. The zero-order chi connectivity index (χ0) is 26.9. The van der Waals surface area contributed by atoms with Crippen LogP contribution in [0.1, 0.15) is 23.2 Å². The number of nitrogens with one attached hydrogen (secondary N) is 1. The molecule has 2 amide bonds. The third-order valence-corrected chi connectivity index (χ3v) is 6.67. The molecule has 0 bridgehead atoms. The minimum Gasteiger partial charge on any atom is -0.368 e. The van der Waals surface area contributed by atoms with Crippen molar-refractivity contribution in [2.24, 2.45) is 0 Å². The van der Waals surface area contributed by atoms with Gasteiger partial charge in [-0.3, -0.25) is 19.7 Å². The summed E-state index contributed by atoms with van der Waals surface area (Å²) >= 11 is 0. The lowest BCUT2D eigenvalue weighted by Gasteiger charge is -2.32. The minimum absolute atomic E-state index is 0.00518. The van der Waals surface area contributed by atoms with Gasteiger partial charge in [0.1, 0.15) is 6.61 Å². The van der Waals surface area contributed by atoms with Crippen molar-refractivity contribution >= 4 is 23.2 Å². The summed E-state index contributed by atoms with van der Waals surface area (Å²) < 4.78 is 5.90. The van der Waals surface area contributed by atoms with Crippen LogP contribution in [0.15, 0.2) is 78.9 Å². The van der Waals surface area contributed by atoms with Gasteiger partial charge in [0.05, 0.1) is 11.0 Å². The second kappa shape index (κ2) is 12.9. The SMILES string of the molecule is CN(CCN1CCC(OCC(=O)Nc2ccccc2-c2ccccc2)CC1)C(=O)c1cccc([N+](=O)[O-])c1. The number of hydrogen-bond acceptors (Lipinski definition) is 6. The van der Waals surface area contributed by atoms with Gasteiger partial charge in [0.15, 0.2) is 0 Å². The molecule has 1 N–H and O–H groups in total.